The van der Waals surface area contributed by atoms with Gasteiger partial charge in [-0.2, -0.15) is 4.31 Å². The summed E-state index contributed by atoms with van der Waals surface area (Å²) in [6.45, 7) is 1.26. The highest BCUT2D eigenvalue weighted by Crippen LogP contribution is 2.21. The van der Waals surface area contributed by atoms with Gasteiger partial charge in [0.05, 0.1) is 0 Å². The van der Waals surface area contributed by atoms with Crippen LogP contribution in [0.1, 0.15) is 28.9 Å². The lowest BCUT2D eigenvalue weighted by Gasteiger charge is -2.13. The minimum Gasteiger partial charge on any atom is -0.356 e. The van der Waals surface area contributed by atoms with Gasteiger partial charge in [0, 0.05) is 25.8 Å². The quantitative estimate of drug-likeness (QED) is 0.863. The van der Waals surface area contributed by atoms with Gasteiger partial charge in [0.15, 0.2) is 0 Å². The number of carbonyl (C=O) groups is 1. The number of nitrogens with zero attached hydrogens (tertiary/aromatic N) is 1. The lowest BCUT2D eigenvalue weighted by atomic mass is 10.2. The van der Waals surface area contributed by atoms with Crippen molar-refractivity contribution in [2.75, 3.05) is 13.1 Å². The van der Waals surface area contributed by atoms with E-state index in [9.17, 15) is 17.6 Å². The van der Waals surface area contributed by atoms with Crippen LogP contribution in [0.5, 0.6) is 0 Å². The van der Waals surface area contributed by atoms with Crippen LogP contribution in [0.2, 0.25) is 0 Å². The third-order valence-electron chi connectivity index (χ3n) is 3.97. The number of hydrogen-bond acceptors (Lipinski definition) is 3. The van der Waals surface area contributed by atoms with Crippen molar-refractivity contribution in [1.29, 1.82) is 0 Å². The van der Waals surface area contributed by atoms with Crippen molar-refractivity contribution in [3.63, 3.8) is 0 Å². The number of sulfonamides is 1. The van der Waals surface area contributed by atoms with E-state index in [0.717, 1.165) is 18.4 Å². The summed E-state index contributed by atoms with van der Waals surface area (Å²) in [6, 6.07) is 7.13. The van der Waals surface area contributed by atoms with Crippen LogP contribution in [0.25, 0.3) is 0 Å². The summed E-state index contributed by atoms with van der Waals surface area (Å²) in [5.41, 5.74) is 0.927. The molecule has 1 aromatic heterocycles. The predicted molar refractivity (Wildman–Crippen MR) is 86.4 cm³/mol. The van der Waals surface area contributed by atoms with Crippen LogP contribution in [0, 0.1) is 5.82 Å². The van der Waals surface area contributed by atoms with Gasteiger partial charge in [-0.25, -0.2) is 12.8 Å². The Hall–Kier alpha value is -2.19. The molecule has 8 heteroatoms. The second kappa shape index (κ2) is 6.74. The van der Waals surface area contributed by atoms with Gasteiger partial charge in [-0.3, -0.25) is 4.79 Å². The van der Waals surface area contributed by atoms with Crippen molar-refractivity contribution in [2.24, 2.45) is 0 Å². The summed E-state index contributed by atoms with van der Waals surface area (Å²) in [6.07, 6.45) is 3.05. The first-order valence-electron chi connectivity index (χ1n) is 7.68. The molecule has 0 atom stereocenters. The maximum atomic E-state index is 12.8. The van der Waals surface area contributed by atoms with Crippen LogP contribution < -0.4 is 5.32 Å². The molecule has 24 heavy (non-hydrogen) atoms. The fraction of sp³-hybridized carbons (Fsp3) is 0.312. The normalized spacial score (nSPS) is 15.5. The Balaban J connectivity index is 1.66. The van der Waals surface area contributed by atoms with Gasteiger partial charge < -0.3 is 10.3 Å². The zero-order valence-electron chi connectivity index (χ0n) is 13.0. The fourth-order valence-corrected chi connectivity index (χ4v) is 4.12. The van der Waals surface area contributed by atoms with Crippen LogP contribution >= 0.6 is 0 Å². The zero-order chi connectivity index (χ0) is 17.2. The number of benzene rings is 1. The standard InChI is InChI=1S/C16H18FN3O3S/c17-13-5-3-12(4-6-13)10-19-16(21)15-9-14(11-18-15)24(22,23)20-7-1-2-8-20/h3-6,9,11,18H,1-2,7-8,10H2,(H,19,21). The molecule has 1 amide bonds. The lowest BCUT2D eigenvalue weighted by Crippen LogP contribution is -2.27. The maximum Gasteiger partial charge on any atom is 0.268 e. The van der Waals surface area contributed by atoms with Gasteiger partial charge >= 0.3 is 0 Å². The van der Waals surface area contributed by atoms with E-state index in [2.05, 4.69) is 10.3 Å². The molecule has 2 aromatic rings. The molecule has 128 valence electrons. The number of aromatic nitrogens is 1. The molecule has 1 aliphatic rings. The molecule has 0 radical (unpaired) electrons. The van der Waals surface area contributed by atoms with E-state index in [1.807, 2.05) is 0 Å². The largest absolute Gasteiger partial charge is 0.356 e. The third kappa shape index (κ3) is 3.49. The van der Waals surface area contributed by atoms with E-state index >= 15 is 0 Å². The highest BCUT2D eigenvalue weighted by Gasteiger charge is 2.28. The second-order valence-corrected chi connectivity index (χ2v) is 7.61. The average Bonchev–Trinajstić information content (AvgIpc) is 3.26. The van der Waals surface area contributed by atoms with E-state index in [-0.39, 0.29) is 23.0 Å². The summed E-state index contributed by atoms with van der Waals surface area (Å²) in [5, 5.41) is 2.67. The molecule has 1 aliphatic heterocycles. The van der Waals surface area contributed by atoms with E-state index in [0.29, 0.717) is 13.1 Å². The molecular formula is C16H18FN3O3S. The van der Waals surface area contributed by atoms with E-state index in [1.54, 1.807) is 12.1 Å². The van der Waals surface area contributed by atoms with Crippen LogP contribution in [-0.4, -0.2) is 36.7 Å². The topological polar surface area (TPSA) is 82.3 Å². The highest BCUT2D eigenvalue weighted by molar-refractivity contribution is 7.89. The Bertz CT molecular complexity index is 825. The predicted octanol–water partition coefficient (Wildman–Crippen LogP) is 1.87. The van der Waals surface area contributed by atoms with Crippen LogP contribution in [0.15, 0.2) is 41.4 Å². The molecule has 0 saturated carbocycles. The number of H-pyrrole nitrogens is 1. The van der Waals surface area contributed by atoms with Crippen molar-refractivity contribution in [3.05, 3.63) is 53.6 Å². The third-order valence-corrected chi connectivity index (χ3v) is 5.85. The smallest absolute Gasteiger partial charge is 0.268 e. The monoisotopic (exact) mass is 351 g/mol. The molecular weight excluding hydrogens is 333 g/mol. The number of halogens is 1. The number of rotatable bonds is 5. The van der Waals surface area contributed by atoms with Crippen molar-refractivity contribution >= 4 is 15.9 Å². The van der Waals surface area contributed by atoms with E-state index in [1.165, 1.54) is 28.7 Å². The highest BCUT2D eigenvalue weighted by atomic mass is 32.2. The average molecular weight is 351 g/mol. The molecule has 0 spiro atoms. The van der Waals surface area contributed by atoms with Gasteiger partial charge in [-0.15, -0.1) is 0 Å². The van der Waals surface area contributed by atoms with Crippen molar-refractivity contribution < 1.29 is 17.6 Å². The molecule has 0 unspecified atom stereocenters. The second-order valence-electron chi connectivity index (χ2n) is 5.67. The van der Waals surface area contributed by atoms with Crippen molar-refractivity contribution in [3.8, 4) is 0 Å². The number of nitrogens with one attached hydrogen (secondary N) is 2. The van der Waals surface area contributed by atoms with E-state index < -0.39 is 15.9 Å². The molecule has 2 heterocycles. The Morgan fingerprint density at radius 3 is 2.54 bits per heavy atom. The van der Waals surface area contributed by atoms with Gasteiger partial charge in [0.1, 0.15) is 16.4 Å². The molecule has 3 rings (SSSR count). The first-order chi connectivity index (χ1) is 11.5. The van der Waals surface area contributed by atoms with Gasteiger partial charge in [-0.05, 0) is 36.6 Å². The Morgan fingerprint density at radius 1 is 1.21 bits per heavy atom. The fourth-order valence-electron chi connectivity index (χ4n) is 2.61. The Labute approximate surface area is 139 Å². The van der Waals surface area contributed by atoms with Crippen LogP contribution in [0.4, 0.5) is 4.39 Å². The Kier molecular flexibility index (Phi) is 4.68. The molecule has 1 saturated heterocycles. The lowest BCUT2D eigenvalue weighted by molar-refractivity contribution is 0.0946. The summed E-state index contributed by atoms with van der Waals surface area (Å²) >= 11 is 0. The molecule has 0 bridgehead atoms. The van der Waals surface area contributed by atoms with E-state index in [4.69, 9.17) is 0 Å². The molecule has 2 N–H and O–H groups in total. The van der Waals surface area contributed by atoms with Crippen LogP contribution in [-0.2, 0) is 16.6 Å². The Morgan fingerprint density at radius 2 is 1.88 bits per heavy atom. The molecule has 6 nitrogen and oxygen atoms in total. The summed E-state index contributed by atoms with van der Waals surface area (Å²) in [7, 11) is -3.54. The molecule has 0 aliphatic carbocycles. The van der Waals surface area contributed by atoms with Gasteiger partial charge in [0.25, 0.3) is 5.91 Å². The first kappa shape index (κ1) is 16.7. The molecule has 1 aromatic carbocycles. The minimum absolute atomic E-state index is 0.0938. The SMILES string of the molecule is O=C(NCc1ccc(F)cc1)c1cc(S(=O)(=O)N2CCCC2)c[nH]1. The number of hydrogen-bond donors (Lipinski definition) is 2. The maximum absolute atomic E-state index is 12.8. The van der Waals surface area contributed by atoms with Gasteiger partial charge in [0.2, 0.25) is 10.0 Å². The minimum atomic E-state index is -3.54. The zero-order valence-corrected chi connectivity index (χ0v) is 13.8. The van der Waals surface area contributed by atoms with Crippen molar-refractivity contribution in [2.45, 2.75) is 24.3 Å². The van der Waals surface area contributed by atoms with Crippen molar-refractivity contribution in [1.82, 2.24) is 14.6 Å². The number of carbonyl (C=O) groups excluding carboxylic acids is 1. The van der Waals surface area contributed by atoms with Crippen LogP contribution in [0.3, 0.4) is 0 Å². The summed E-state index contributed by atoms with van der Waals surface area (Å²) in [5.74, 6) is -0.756. The summed E-state index contributed by atoms with van der Waals surface area (Å²) < 4.78 is 39.1. The number of amides is 1. The molecule has 1 fully saturated rings. The summed E-state index contributed by atoms with van der Waals surface area (Å²) in [4.78, 5) is 14.9. The van der Waals surface area contributed by atoms with Gasteiger partial charge in [-0.1, -0.05) is 12.1 Å². The first-order valence-corrected chi connectivity index (χ1v) is 9.12. The number of aromatic amines is 1.